The average Bonchev–Trinajstić information content (AvgIpc) is 2.82. The molecule has 1 aliphatic heterocycles. The normalized spacial score (nSPS) is 33.9. The van der Waals surface area contributed by atoms with E-state index in [0.29, 0.717) is 5.41 Å². The van der Waals surface area contributed by atoms with Gasteiger partial charge in [0, 0.05) is 24.7 Å². The number of anilines is 1. The Hall–Kier alpha value is -1.02. The highest BCUT2D eigenvalue weighted by Crippen LogP contribution is 2.56. The molecule has 1 aromatic carbocycles. The number of hydrogen-bond donors (Lipinski definition) is 2. The summed E-state index contributed by atoms with van der Waals surface area (Å²) in [6, 6.07) is 8.91. The molecule has 0 radical (unpaired) electrons. The molecule has 0 aromatic heterocycles. The lowest BCUT2D eigenvalue weighted by molar-refractivity contribution is 0.676. The van der Waals surface area contributed by atoms with Gasteiger partial charge < -0.3 is 10.6 Å². The van der Waals surface area contributed by atoms with Gasteiger partial charge in [-0.3, -0.25) is 0 Å². The lowest BCUT2D eigenvalue weighted by atomic mass is 9.95. The highest BCUT2D eigenvalue weighted by atomic mass is 15.0. The van der Waals surface area contributed by atoms with Gasteiger partial charge in [0.1, 0.15) is 0 Å². The predicted octanol–water partition coefficient (Wildman–Crippen LogP) is 1.59. The van der Waals surface area contributed by atoms with E-state index in [-0.39, 0.29) is 0 Å². The molecule has 0 bridgehead atoms. The Labute approximate surface area is 84.7 Å². The molecule has 1 saturated heterocycles. The summed E-state index contributed by atoms with van der Waals surface area (Å²) in [5.41, 5.74) is 3.23. The molecule has 2 N–H and O–H groups in total. The summed E-state index contributed by atoms with van der Waals surface area (Å²) < 4.78 is 0. The highest BCUT2D eigenvalue weighted by molar-refractivity contribution is 5.48. The maximum Gasteiger partial charge on any atom is 0.0337 e. The second-order valence-electron chi connectivity index (χ2n) is 4.52. The van der Waals surface area contributed by atoms with Gasteiger partial charge in [0.15, 0.2) is 0 Å². The van der Waals surface area contributed by atoms with Crippen LogP contribution in [0.3, 0.4) is 0 Å². The van der Waals surface area contributed by atoms with Gasteiger partial charge in [-0.15, -0.1) is 0 Å². The van der Waals surface area contributed by atoms with Crippen molar-refractivity contribution in [2.45, 2.75) is 11.8 Å². The quantitative estimate of drug-likeness (QED) is 0.736. The van der Waals surface area contributed by atoms with Gasteiger partial charge in [-0.1, -0.05) is 12.1 Å². The molecule has 1 aromatic rings. The fourth-order valence-electron chi connectivity index (χ4n) is 2.76. The summed E-state index contributed by atoms with van der Waals surface area (Å²) in [6.45, 7) is 2.39. The van der Waals surface area contributed by atoms with E-state index in [1.165, 1.54) is 30.8 Å². The Morgan fingerprint density at radius 3 is 2.64 bits per heavy atom. The second-order valence-corrected chi connectivity index (χ2v) is 4.52. The Kier molecular flexibility index (Phi) is 1.62. The van der Waals surface area contributed by atoms with Crippen LogP contribution in [0.1, 0.15) is 12.0 Å². The molecule has 2 heteroatoms. The standard InChI is InChI=1S/C12H16N2/c1-13-11-4-2-9(3-5-11)12-6-10(12)7-14-8-12/h2-5,10,13-14H,6-8H2,1H3/t10-,12+/m1/s1. The van der Waals surface area contributed by atoms with E-state index in [4.69, 9.17) is 0 Å². The highest BCUT2D eigenvalue weighted by Gasteiger charge is 2.57. The summed E-state index contributed by atoms with van der Waals surface area (Å²) in [5, 5.41) is 6.63. The smallest absolute Gasteiger partial charge is 0.0337 e. The van der Waals surface area contributed by atoms with Crippen molar-refractivity contribution in [1.82, 2.24) is 5.32 Å². The molecule has 1 saturated carbocycles. The van der Waals surface area contributed by atoms with Crippen molar-refractivity contribution in [2.24, 2.45) is 5.92 Å². The van der Waals surface area contributed by atoms with Gasteiger partial charge in [-0.25, -0.2) is 0 Å². The van der Waals surface area contributed by atoms with E-state index in [1.54, 1.807) is 0 Å². The minimum absolute atomic E-state index is 0.506. The van der Waals surface area contributed by atoms with Crippen LogP contribution in [0.4, 0.5) is 5.69 Å². The lowest BCUT2D eigenvalue weighted by Gasteiger charge is -2.12. The van der Waals surface area contributed by atoms with Crippen LogP contribution in [0, 0.1) is 5.92 Å². The van der Waals surface area contributed by atoms with Crippen LogP contribution >= 0.6 is 0 Å². The number of benzene rings is 1. The monoisotopic (exact) mass is 188 g/mol. The average molecular weight is 188 g/mol. The van der Waals surface area contributed by atoms with Crippen molar-refractivity contribution in [2.75, 3.05) is 25.5 Å². The van der Waals surface area contributed by atoms with Gasteiger partial charge in [0.25, 0.3) is 0 Å². The third kappa shape index (κ3) is 1.01. The fourth-order valence-corrected chi connectivity index (χ4v) is 2.76. The molecule has 2 fully saturated rings. The summed E-state index contributed by atoms with van der Waals surface area (Å²) in [5.74, 6) is 0.905. The zero-order valence-electron chi connectivity index (χ0n) is 8.51. The number of piperidine rings is 1. The third-order valence-corrected chi connectivity index (χ3v) is 3.81. The maximum atomic E-state index is 3.47. The van der Waals surface area contributed by atoms with E-state index in [9.17, 15) is 0 Å². The first kappa shape index (κ1) is 8.30. The Morgan fingerprint density at radius 2 is 2.14 bits per heavy atom. The molecule has 1 heterocycles. The van der Waals surface area contributed by atoms with Crippen molar-refractivity contribution in [3.63, 3.8) is 0 Å². The van der Waals surface area contributed by atoms with Gasteiger partial charge in [0.2, 0.25) is 0 Å². The molecule has 1 aliphatic carbocycles. The molecule has 2 nitrogen and oxygen atoms in total. The summed E-state index contributed by atoms with van der Waals surface area (Å²) in [7, 11) is 1.96. The van der Waals surface area contributed by atoms with Crippen LogP contribution in [-0.4, -0.2) is 20.1 Å². The van der Waals surface area contributed by atoms with Crippen LogP contribution in [0.15, 0.2) is 24.3 Å². The Balaban J connectivity index is 1.90. The first-order chi connectivity index (χ1) is 6.85. The predicted molar refractivity (Wildman–Crippen MR) is 58.6 cm³/mol. The molecule has 74 valence electrons. The van der Waals surface area contributed by atoms with Crippen LogP contribution in [0.2, 0.25) is 0 Å². The Bertz CT molecular complexity index is 344. The van der Waals surface area contributed by atoms with Crippen molar-refractivity contribution in [3.8, 4) is 0 Å². The van der Waals surface area contributed by atoms with E-state index < -0.39 is 0 Å². The van der Waals surface area contributed by atoms with Gasteiger partial charge in [-0.05, 0) is 36.6 Å². The molecule has 2 aliphatic rings. The van der Waals surface area contributed by atoms with E-state index in [1.807, 2.05) is 7.05 Å². The molecule has 0 spiro atoms. The summed E-state index contributed by atoms with van der Waals surface area (Å²) in [4.78, 5) is 0. The summed E-state index contributed by atoms with van der Waals surface area (Å²) in [6.07, 6.45) is 1.39. The first-order valence-electron chi connectivity index (χ1n) is 5.34. The fraction of sp³-hybridized carbons (Fsp3) is 0.500. The second kappa shape index (κ2) is 2.74. The molecular formula is C12H16N2. The van der Waals surface area contributed by atoms with Gasteiger partial charge >= 0.3 is 0 Å². The van der Waals surface area contributed by atoms with Crippen molar-refractivity contribution in [1.29, 1.82) is 0 Å². The number of rotatable bonds is 2. The van der Waals surface area contributed by atoms with Gasteiger partial charge in [0.05, 0.1) is 0 Å². The lowest BCUT2D eigenvalue weighted by Crippen LogP contribution is -2.19. The van der Waals surface area contributed by atoms with E-state index in [0.717, 1.165) is 5.92 Å². The van der Waals surface area contributed by atoms with Gasteiger partial charge in [-0.2, -0.15) is 0 Å². The molecular weight excluding hydrogens is 172 g/mol. The molecule has 0 amide bonds. The molecule has 3 rings (SSSR count). The summed E-state index contributed by atoms with van der Waals surface area (Å²) >= 11 is 0. The number of hydrogen-bond acceptors (Lipinski definition) is 2. The van der Waals surface area contributed by atoms with Crippen LogP contribution in [-0.2, 0) is 5.41 Å². The molecule has 14 heavy (non-hydrogen) atoms. The topological polar surface area (TPSA) is 24.1 Å². The minimum Gasteiger partial charge on any atom is -0.388 e. The van der Waals surface area contributed by atoms with Crippen molar-refractivity contribution in [3.05, 3.63) is 29.8 Å². The zero-order valence-corrected chi connectivity index (χ0v) is 8.51. The van der Waals surface area contributed by atoms with Crippen LogP contribution < -0.4 is 10.6 Å². The molecule has 0 unspecified atom stereocenters. The first-order valence-corrected chi connectivity index (χ1v) is 5.34. The zero-order chi connectivity index (χ0) is 9.60. The number of nitrogens with one attached hydrogen (secondary N) is 2. The van der Waals surface area contributed by atoms with E-state index >= 15 is 0 Å². The third-order valence-electron chi connectivity index (χ3n) is 3.81. The maximum absolute atomic E-state index is 3.47. The van der Waals surface area contributed by atoms with Crippen LogP contribution in [0.25, 0.3) is 0 Å². The van der Waals surface area contributed by atoms with Crippen LogP contribution in [0.5, 0.6) is 0 Å². The minimum atomic E-state index is 0.506. The van der Waals surface area contributed by atoms with Crippen molar-refractivity contribution < 1.29 is 0 Å². The van der Waals surface area contributed by atoms with E-state index in [2.05, 4.69) is 34.9 Å². The van der Waals surface area contributed by atoms with Crippen molar-refractivity contribution >= 4 is 5.69 Å². The number of fused-ring (bicyclic) bond motifs is 1. The largest absolute Gasteiger partial charge is 0.388 e. The SMILES string of the molecule is CNc1ccc([C@]23CNC[C@H]2C3)cc1. The Morgan fingerprint density at radius 1 is 1.36 bits per heavy atom. The molecule has 2 atom stereocenters.